The van der Waals surface area contributed by atoms with Gasteiger partial charge in [0.2, 0.25) is 0 Å². The lowest BCUT2D eigenvalue weighted by atomic mass is 10.1. The second-order valence-electron chi connectivity index (χ2n) is 4.36. The van der Waals surface area contributed by atoms with Crippen molar-refractivity contribution in [1.29, 1.82) is 0 Å². The standard InChI is InChI=1S/C15H13ClFNOS/c1-9-6-11(16)2-5-14(9)19-8-10-7-12(17)3-4-13(10)15(18)20/h2-7H,8H2,1H3,(H2,18,20). The summed E-state index contributed by atoms with van der Waals surface area (Å²) in [5.74, 6) is 0.337. The first kappa shape index (κ1) is 14.8. The zero-order valence-corrected chi connectivity index (χ0v) is 12.4. The van der Waals surface area contributed by atoms with Gasteiger partial charge in [-0.1, -0.05) is 23.8 Å². The van der Waals surface area contributed by atoms with Gasteiger partial charge in [0.1, 0.15) is 23.2 Å². The van der Waals surface area contributed by atoms with E-state index in [4.69, 9.17) is 34.3 Å². The number of hydrogen-bond acceptors (Lipinski definition) is 2. The van der Waals surface area contributed by atoms with Crippen molar-refractivity contribution in [2.24, 2.45) is 5.73 Å². The van der Waals surface area contributed by atoms with Gasteiger partial charge in [-0.05, 0) is 48.9 Å². The van der Waals surface area contributed by atoms with Gasteiger partial charge in [-0.3, -0.25) is 0 Å². The highest BCUT2D eigenvalue weighted by atomic mass is 35.5. The van der Waals surface area contributed by atoms with E-state index < -0.39 is 0 Å². The van der Waals surface area contributed by atoms with E-state index in [-0.39, 0.29) is 17.4 Å². The van der Waals surface area contributed by atoms with E-state index in [9.17, 15) is 4.39 Å². The molecule has 2 aromatic rings. The van der Waals surface area contributed by atoms with Gasteiger partial charge in [0.05, 0.1) is 0 Å². The highest BCUT2D eigenvalue weighted by molar-refractivity contribution is 7.80. The predicted octanol–water partition coefficient (Wildman–Crippen LogP) is 4.00. The molecule has 2 N–H and O–H groups in total. The van der Waals surface area contributed by atoms with Crippen LogP contribution in [0.3, 0.4) is 0 Å². The van der Waals surface area contributed by atoms with Crippen molar-refractivity contribution in [3.05, 3.63) is 63.9 Å². The summed E-state index contributed by atoms with van der Waals surface area (Å²) in [6.45, 7) is 2.08. The first-order valence-electron chi connectivity index (χ1n) is 5.94. The Balaban J connectivity index is 2.22. The van der Waals surface area contributed by atoms with Crippen molar-refractivity contribution in [2.45, 2.75) is 13.5 Å². The van der Waals surface area contributed by atoms with Crippen LogP contribution in [-0.4, -0.2) is 4.99 Å². The molecule has 0 fully saturated rings. The third kappa shape index (κ3) is 3.46. The van der Waals surface area contributed by atoms with E-state index in [2.05, 4.69) is 0 Å². The smallest absolute Gasteiger partial charge is 0.123 e. The average Bonchev–Trinajstić information content (AvgIpc) is 2.37. The average molecular weight is 310 g/mol. The molecular weight excluding hydrogens is 297 g/mol. The van der Waals surface area contributed by atoms with E-state index in [0.717, 1.165) is 5.56 Å². The third-order valence-electron chi connectivity index (χ3n) is 2.85. The molecule has 0 unspecified atom stereocenters. The van der Waals surface area contributed by atoms with Crippen molar-refractivity contribution >= 4 is 28.8 Å². The molecule has 20 heavy (non-hydrogen) atoms. The van der Waals surface area contributed by atoms with Crippen molar-refractivity contribution in [3.8, 4) is 5.75 Å². The van der Waals surface area contributed by atoms with Gasteiger partial charge in [0, 0.05) is 16.1 Å². The number of hydrogen-bond donors (Lipinski definition) is 1. The van der Waals surface area contributed by atoms with Crippen molar-refractivity contribution in [1.82, 2.24) is 0 Å². The zero-order chi connectivity index (χ0) is 14.7. The number of rotatable bonds is 4. The molecule has 0 aliphatic heterocycles. The van der Waals surface area contributed by atoms with Crippen molar-refractivity contribution in [2.75, 3.05) is 0 Å². The molecule has 0 radical (unpaired) electrons. The van der Waals surface area contributed by atoms with E-state index >= 15 is 0 Å². The van der Waals surface area contributed by atoms with E-state index in [1.54, 1.807) is 24.3 Å². The minimum atomic E-state index is -0.351. The Labute approximate surface area is 127 Å². The summed E-state index contributed by atoms with van der Waals surface area (Å²) in [5.41, 5.74) is 7.76. The first-order valence-corrected chi connectivity index (χ1v) is 6.73. The maximum Gasteiger partial charge on any atom is 0.123 e. The summed E-state index contributed by atoms with van der Waals surface area (Å²) >= 11 is 10.8. The van der Waals surface area contributed by atoms with Crippen LogP contribution in [0.1, 0.15) is 16.7 Å². The van der Waals surface area contributed by atoms with Crippen LogP contribution in [0.15, 0.2) is 36.4 Å². The Bertz CT molecular complexity index is 660. The minimum Gasteiger partial charge on any atom is -0.489 e. The van der Waals surface area contributed by atoms with Crippen LogP contribution in [0, 0.1) is 12.7 Å². The number of thiocarbonyl (C=S) groups is 1. The normalized spacial score (nSPS) is 10.3. The van der Waals surface area contributed by atoms with Gasteiger partial charge < -0.3 is 10.5 Å². The van der Waals surface area contributed by atoms with Crippen LogP contribution in [-0.2, 0) is 6.61 Å². The predicted molar refractivity (Wildman–Crippen MR) is 82.8 cm³/mol. The molecule has 0 atom stereocenters. The molecule has 0 spiro atoms. The molecule has 0 bridgehead atoms. The molecule has 104 valence electrons. The highest BCUT2D eigenvalue weighted by Gasteiger charge is 2.08. The van der Waals surface area contributed by atoms with E-state index in [1.165, 1.54) is 12.1 Å². The van der Waals surface area contributed by atoms with Crippen molar-refractivity contribution < 1.29 is 9.13 Å². The second kappa shape index (κ2) is 6.20. The molecule has 2 rings (SSSR count). The monoisotopic (exact) mass is 309 g/mol. The van der Waals surface area contributed by atoms with Crippen LogP contribution in [0.5, 0.6) is 5.75 Å². The number of halogens is 2. The Morgan fingerprint density at radius 2 is 2.05 bits per heavy atom. The molecule has 0 aromatic heterocycles. The lowest BCUT2D eigenvalue weighted by Crippen LogP contribution is -2.14. The summed E-state index contributed by atoms with van der Waals surface area (Å²) in [7, 11) is 0. The van der Waals surface area contributed by atoms with Gasteiger partial charge >= 0.3 is 0 Å². The van der Waals surface area contributed by atoms with Crippen LogP contribution in [0.4, 0.5) is 4.39 Å². The maximum absolute atomic E-state index is 13.3. The van der Waals surface area contributed by atoms with Crippen LogP contribution >= 0.6 is 23.8 Å². The van der Waals surface area contributed by atoms with Gasteiger partial charge in [-0.2, -0.15) is 0 Å². The fourth-order valence-corrected chi connectivity index (χ4v) is 2.28. The molecule has 0 heterocycles. The Morgan fingerprint density at radius 1 is 1.30 bits per heavy atom. The maximum atomic E-state index is 13.3. The quantitative estimate of drug-likeness (QED) is 0.867. The van der Waals surface area contributed by atoms with Gasteiger partial charge in [0.25, 0.3) is 0 Å². The molecule has 0 aliphatic carbocycles. The third-order valence-corrected chi connectivity index (χ3v) is 3.31. The molecule has 2 nitrogen and oxygen atoms in total. The van der Waals surface area contributed by atoms with E-state index in [1.807, 2.05) is 6.92 Å². The van der Waals surface area contributed by atoms with Crippen LogP contribution in [0.25, 0.3) is 0 Å². The molecule has 0 aliphatic rings. The van der Waals surface area contributed by atoms with Crippen molar-refractivity contribution in [3.63, 3.8) is 0 Å². The molecule has 2 aromatic carbocycles. The lowest BCUT2D eigenvalue weighted by Gasteiger charge is -2.12. The summed E-state index contributed by atoms with van der Waals surface area (Å²) in [4.78, 5) is 0.219. The van der Waals surface area contributed by atoms with Gasteiger partial charge in [-0.15, -0.1) is 0 Å². The molecular formula is C15H13ClFNOS. The summed E-state index contributed by atoms with van der Waals surface area (Å²) in [5, 5.41) is 0.643. The highest BCUT2D eigenvalue weighted by Crippen LogP contribution is 2.23. The molecule has 0 saturated carbocycles. The molecule has 0 amide bonds. The minimum absolute atomic E-state index is 0.187. The topological polar surface area (TPSA) is 35.2 Å². The summed E-state index contributed by atoms with van der Waals surface area (Å²) in [6, 6.07) is 9.58. The van der Waals surface area contributed by atoms with Crippen LogP contribution in [0.2, 0.25) is 5.02 Å². The number of benzene rings is 2. The zero-order valence-electron chi connectivity index (χ0n) is 10.8. The van der Waals surface area contributed by atoms with Gasteiger partial charge in [0.15, 0.2) is 0 Å². The SMILES string of the molecule is Cc1cc(Cl)ccc1OCc1cc(F)ccc1C(N)=S. The Kier molecular flexibility index (Phi) is 4.57. The lowest BCUT2D eigenvalue weighted by molar-refractivity contribution is 0.303. The fraction of sp³-hybridized carbons (Fsp3) is 0.133. The Hall–Kier alpha value is -1.65. The largest absolute Gasteiger partial charge is 0.489 e. The number of ether oxygens (including phenoxy) is 1. The van der Waals surface area contributed by atoms with E-state index in [0.29, 0.717) is 21.9 Å². The number of aryl methyl sites for hydroxylation is 1. The Morgan fingerprint density at radius 3 is 2.70 bits per heavy atom. The van der Waals surface area contributed by atoms with Crippen LogP contribution < -0.4 is 10.5 Å². The fourth-order valence-electron chi connectivity index (χ4n) is 1.85. The second-order valence-corrected chi connectivity index (χ2v) is 5.24. The molecule has 0 saturated heterocycles. The number of nitrogens with two attached hydrogens (primary N) is 1. The molecule has 5 heteroatoms. The summed E-state index contributed by atoms with van der Waals surface area (Å²) < 4.78 is 19.0. The van der Waals surface area contributed by atoms with Gasteiger partial charge in [-0.25, -0.2) is 4.39 Å². The first-order chi connectivity index (χ1) is 9.47. The summed E-state index contributed by atoms with van der Waals surface area (Å²) in [6.07, 6.45) is 0.